The quantitative estimate of drug-likeness (QED) is 0.297. The van der Waals surface area contributed by atoms with Crippen molar-refractivity contribution in [2.45, 2.75) is 116 Å². The van der Waals surface area contributed by atoms with Crippen molar-refractivity contribution in [2.75, 3.05) is 26.2 Å². The number of hydrogen-bond donors (Lipinski definition) is 2. The van der Waals surface area contributed by atoms with Crippen LogP contribution < -0.4 is 10.6 Å². The number of amides is 2. The van der Waals surface area contributed by atoms with Crippen LogP contribution in [0.3, 0.4) is 0 Å². The number of rotatable bonds is 4. The highest BCUT2D eigenvalue weighted by atomic mass is 16.2. The van der Waals surface area contributed by atoms with Gasteiger partial charge in [0.05, 0.1) is 0 Å². The summed E-state index contributed by atoms with van der Waals surface area (Å²) in [5.74, 6) is 0.563. The van der Waals surface area contributed by atoms with Crippen LogP contribution in [0, 0.1) is 0 Å². The minimum atomic E-state index is 0.282. The molecule has 2 aliphatic rings. The molecule has 2 N–H and O–H groups in total. The SMILES string of the molecule is O=C1CCCCCNCc2ccc(cc2)CNCCCCCC(=O)N(Cc2ccccc2)CCCCCCCCN1Cc1ccccc1. The molecular weight excluding hydrogens is 592 g/mol. The molecule has 0 unspecified atom stereocenters. The van der Waals surface area contributed by atoms with Gasteiger partial charge >= 0.3 is 0 Å². The summed E-state index contributed by atoms with van der Waals surface area (Å²) >= 11 is 0. The highest BCUT2D eigenvalue weighted by molar-refractivity contribution is 5.76. The van der Waals surface area contributed by atoms with Crippen LogP contribution in [0.4, 0.5) is 0 Å². The zero-order valence-electron chi connectivity index (χ0n) is 29.4. The fourth-order valence-electron chi connectivity index (χ4n) is 6.47. The minimum absolute atomic E-state index is 0.282. The molecule has 0 spiro atoms. The van der Waals surface area contributed by atoms with Gasteiger partial charge in [-0.15, -0.1) is 0 Å². The topological polar surface area (TPSA) is 64.7 Å². The Morgan fingerprint density at radius 1 is 0.438 bits per heavy atom. The van der Waals surface area contributed by atoms with Crippen molar-refractivity contribution < 1.29 is 9.59 Å². The highest BCUT2D eigenvalue weighted by Gasteiger charge is 2.15. The van der Waals surface area contributed by atoms with Crippen molar-refractivity contribution in [1.29, 1.82) is 0 Å². The largest absolute Gasteiger partial charge is 0.338 e. The van der Waals surface area contributed by atoms with E-state index in [0.717, 1.165) is 103 Å². The lowest BCUT2D eigenvalue weighted by atomic mass is 10.1. The molecule has 2 amide bonds. The molecular formula is C42H60N4O2. The van der Waals surface area contributed by atoms with E-state index in [1.165, 1.54) is 35.1 Å². The molecule has 2 heterocycles. The maximum atomic E-state index is 13.3. The third-order valence-electron chi connectivity index (χ3n) is 9.41. The molecule has 0 fully saturated rings. The Hall–Kier alpha value is -3.48. The minimum Gasteiger partial charge on any atom is -0.338 e. The summed E-state index contributed by atoms with van der Waals surface area (Å²) in [5, 5.41) is 7.15. The van der Waals surface area contributed by atoms with E-state index in [4.69, 9.17) is 0 Å². The maximum Gasteiger partial charge on any atom is 0.222 e. The van der Waals surface area contributed by atoms with Crippen LogP contribution in [0.1, 0.15) is 112 Å². The van der Waals surface area contributed by atoms with Gasteiger partial charge in [0.2, 0.25) is 11.8 Å². The van der Waals surface area contributed by atoms with Crippen LogP contribution in [0.5, 0.6) is 0 Å². The summed E-state index contributed by atoms with van der Waals surface area (Å²) in [6.45, 7) is 6.73. The molecule has 2 bridgehead atoms. The van der Waals surface area contributed by atoms with Gasteiger partial charge in [-0.3, -0.25) is 9.59 Å². The van der Waals surface area contributed by atoms with E-state index in [9.17, 15) is 9.59 Å². The van der Waals surface area contributed by atoms with Crippen molar-refractivity contribution in [3.05, 3.63) is 107 Å². The first-order valence-electron chi connectivity index (χ1n) is 18.8. The number of benzene rings is 3. The number of hydrogen-bond acceptors (Lipinski definition) is 4. The van der Waals surface area contributed by atoms with Crippen molar-refractivity contribution in [3.63, 3.8) is 0 Å². The van der Waals surface area contributed by atoms with E-state index >= 15 is 0 Å². The lowest BCUT2D eigenvalue weighted by Gasteiger charge is -2.24. The Morgan fingerprint density at radius 2 is 0.812 bits per heavy atom. The van der Waals surface area contributed by atoms with Gasteiger partial charge in [-0.1, -0.05) is 123 Å². The number of carbonyl (C=O) groups is 2. The van der Waals surface area contributed by atoms with Gasteiger partial charge in [-0.2, -0.15) is 0 Å². The van der Waals surface area contributed by atoms with Crippen LogP contribution in [0.2, 0.25) is 0 Å². The van der Waals surface area contributed by atoms with Gasteiger partial charge in [0.1, 0.15) is 0 Å². The normalized spacial score (nSPS) is 18.4. The molecule has 0 radical (unpaired) electrons. The van der Waals surface area contributed by atoms with E-state index in [0.29, 0.717) is 25.9 Å². The molecule has 3 aromatic carbocycles. The molecule has 6 heteroatoms. The molecule has 2 aliphatic heterocycles. The van der Waals surface area contributed by atoms with Gasteiger partial charge in [0, 0.05) is 52.1 Å². The third-order valence-corrected chi connectivity index (χ3v) is 9.41. The van der Waals surface area contributed by atoms with Crippen LogP contribution in [-0.2, 0) is 35.8 Å². The fraction of sp³-hybridized carbons (Fsp3) is 0.524. The summed E-state index contributed by atoms with van der Waals surface area (Å²) in [7, 11) is 0. The Labute approximate surface area is 290 Å². The van der Waals surface area contributed by atoms with Gasteiger partial charge in [0.25, 0.3) is 0 Å². The van der Waals surface area contributed by atoms with Crippen LogP contribution in [0.15, 0.2) is 84.9 Å². The molecule has 0 saturated heterocycles. The Balaban J connectivity index is 1.29. The fourth-order valence-corrected chi connectivity index (χ4v) is 6.47. The van der Waals surface area contributed by atoms with Crippen molar-refractivity contribution in [1.82, 2.24) is 20.4 Å². The van der Waals surface area contributed by atoms with Crippen LogP contribution >= 0.6 is 0 Å². The third kappa shape index (κ3) is 15.2. The van der Waals surface area contributed by atoms with Gasteiger partial charge in [0.15, 0.2) is 0 Å². The standard InChI is InChI=1S/C42H60N4O2/c47-41-23-13-7-15-29-43-33-37-25-27-38(28-26-37)34-44-30-16-8-14-24-42(48)46(36-40-21-11-6-12-22-40)32-18-4-2-1-3-17-31-45(41)35-39-19-9-5-10-20-39/h5-6,9-12,19-22,25-28,43-44H,1-4,7-8,13-18,23-24,29-36H2. The Morgan fingerprint density at radius 3 is 1.23 bits per heavy atom. The van der Waals surface area contributed by atoms with E-state index in [-0.39, 0.29) is 11.8 Å². The van der Waals surface area contributed by atoms with Gasteiger partial charge < -0.3 is 20.4 Å². The van der Waals surface area contributed by atoms with Crippen molar-refractivity contribution in [3.8, 4) is 0 Å². The summed E-state index contributed by atoms with van der Waals surface area (Å²) in [6.07, 6.45) is 14.1. The lowest BCUT2D eigenvalue weighted by Crippen LogP contribution is -2.31. The summed E-state index contributed by atoms with van der Waals surface area (Å²) < 4.78 is 0. The van der Waals surface area contributed by atoms with Crippen LogP contribution in [0.25, 0.3) is 0 Å². The number of carbonyl (C=O) groups excluding carboxylic acids is 2. The van der Waals surface area contributed by atoms with E-state index < -0.39 is 0 Å². The van der Waals surface area contributed by atoms with E-state index in [1.54, 1.807) is 0 Å². The molecule has 3 aromatic rings. The molecule has 48 heavy (non-hydrogen) atoms. The second-order valence-corrected chi connectivity index (χ2v) is 13.5. The highest BCUT2D eigenvalue weighted by Crippen LogP contribution is 2.15. The smallest absolute Gasteiger partial charge is 0.222 e. The van der Waals surface area contributed by atoms with E-state index in [2.05, 4.69) is 93.2 Å². The summed E-state index contributed by atoms with van der Waals surface area (Å²) in [6, 6.07) is 29.7. The average Bonchev–Trinajstić information content (AvgIpc) is 3.11. The molecule has 0 atom stereocenters. The van der Waals surface area contributed by atoms with Gasteiger partial charge in [-0.05, 0) is 73.9 Å². The molecule has 260 valence electrons. The maximum absolute atomic E-state index is 13.3. The number of nitrogens with one attached hydrogen (secondary N) is 2. The molecule has 0 saturated carbocycles. The average molecular weight is 653 g/mol. The Kier molecular flexibility index (Phi) is 17.9. The molecule has 6 nitrogen and oxygen atoms in total. The summed E-state index contributed by atoms with van der Waals surface area (Å²) in [4.78, 5) is 30.8. The van der Waals surface area contributed by atoms with Crippen molar-refractivity contribution >= 4 is 11.8 Å². The lowest BCUT2D eigenvalue weighted by molar-refractivity contribution is -0.132. The van der Waals surface area contributed by atoms with E-state index in [1.807, 2.05) is 12.1 Å². The van der Waals surface area contributed by atoms with Crippen LogP contribution in [-0.4, -0.2) is 47.8 Å². The molecule has 5 rings (SSSR count). The number of nitrogens with zero attached hydrogens (tertiary/aromatic N) is 2. The predicted molar refractivity (Wildman–Crippen MR) is 198 cm³/mol. The van der Waals surface area contributed by atoms with Crippen molar-refractivity contribution in [2.24, 2.45) is 0 Å². The molecule has 0 aromatic heterocycles. The second-order valence-electron chi connectivity index (χ2n) is 13.5. The molecule has 0 aliphatic carbocycles. The summed E-state index contributed by atoms with van der Waals surface area (Å²) in [5.41, 5.74) is 5.00. The van der Waals surface area contributed by atoms with Gasteiger partial charge in [-0.25, -0.2) is 0 Å². The first-order valence-corrected chi connectivity index (χ1v) is 18.8. The monoisotopic (exact) mass is 652 g/mol. The predicted octanol–water partition coefficient (Wildman–Crippen LogP) is 8.40. The zero-order valence-corrected chi connectivity index (χ0v) is 29.4. The zero-order chi connectivity index (χ0) is 33.5. The Bertz CT molecular complexity index is 1180. The number of fused-ring (bicyclic) bond motifs is 27. The second kappa shape index (κ2) is 23.0. The first-order chi connectivity index (χ1) is 23.7. The first kappa shape index (κ1) is 37.3.